The van der Waals surface area contributed by atoms with Gasteiger partial charge in [0.05, 0.1) is 5.57 Å². The normalized spacial score (nSPS) is 21.9. The molecule has 2 aliphatic heterocycles. The first kappa shape index (κ1) is 17.5. The number of amides is 1. The Morgan fingerprint density at radius 3 is 2.62 bits per heavy atom. The molecule has 1 atom stereocenters. The molecule has 0 fully saturated rings. The number of hydrogen-bond donors (Lipinski definition) is 2. The van der Waals surface area contributed by atoms with E-state index in [2.05, 4.69) is 5.32 Å². The second kappa shape index (κ2) is 5.63. The van der Waals surface area contributed by atoms with Crippen LogP contribution in [0.5, 0.6) is 5.75 Å². The van der Waals surface area contributed by atoms with Crippen LogP contribution in [0.3, 0.4) is 0 Å². The minimum Gasteiger partial charge on any atom is -0.457 e. The van der Waals surface area contributed by atoms with Gasteiger partial charge in [-0.3, -0.25) is 4.79 Å². The van der Waals surface area contributed by atoms with Crippen LogP contribution in [0.2, 0.25) is 0 Å². The molecule has 0 radical (unpaired) electrons. The molecule has 0 saturated heterocycles. The Morgan fingerprint density at radius 1 is 1.35 bits per heavy atom. The van der Waals surface area contributed by atoms with E-state index in [0.29, 0.717) is 17.0 Å². The minimum atomic E-state index is -1.69. The number of nitriles is 1. The quantitative estimate of drug-likeness (QED) is 0.744. The molecule has 1 unspecified atom stereocenters. The van der Waals surface area contributed by atoms with Crippen molar-refractivity contribution in [3.63, 3.8) is 0 Å². The molecule has 1 aromatic rings. The van der Waals surface area contributed by atoms with Crippen LogP contribution in [0, 0.1) is 11.3 Å². The molecule has 26 heavy (non-hydrogen) atoms. The van der Waals surface area contributed by atoms with E-state index >= 15 is 0 Å². The number of para-hydroxylation sites is 1. The van der Waals surface area contributed by atoms with Crippen molar-refractivity contribution in [1.29, 1.82) is 5.26 Å². The van der Waals surface area contributed by atoms with Crippen molar-refractivity contribution >= 4 is 11.9 Å². The van der Waals surface area contributed by atoms with E-state index in [-0.39, 0.29) is 17.0 Å². The van der Waals surface area contributed by atoms with E-state index in [1.54, 1.807) is 52.0 Å². The molecule has 1 aromatic carbocycles. The molecule has 3 N–H and O–H groups in total. The van der Waals surface area contributed by atoms with Crippen LogP contribution in [-0.4, -0.2) is 17.5 Å². The molecule has 0 bridgehead atoms. The molecular weight excluding hydrogens is 334 g/mol. The number of benzene rings is 1. The van der Waals surface area contributed by atoms with Crippen molar-refractivity contribution in [3.05, 3.63) is 52.6 Å². The van der Waals surface area contributed by atoms with Gasteiger partial charge >= 0.3 is 5.97 Å². The van der Waals surface area contributed by atoms with Gasteiger partial charge in [0.1, 0.15) is 23.0 Å². The summed E-state index contributed by atoms with van der Waals surface area (Å²) in [6, 6.07) is 8.64. The van der Waals surface area contributed by atoms with Crippen molar-refractivity contribution in [1.82, 2.24) is 5.32 Å². The molecule has 3 rings (SSSR count). The SMILES string of the molecule is CC1=C(C(=O)OC(C)(C)C)C2(C(=O)N1)C(C#N)=C(N)Oc1ccccc12. The van der Waals surface area contributed by atoms with Crippen molar-refractivity contribution in [2.45, 2.75) is 38.7 Å². The number of ether oxygens (including phenoxy) is 2. The van der Waals surface area contributed by atoms with Crippen molar-refractivity contribution in [3.8, 4) is 11.8 Å². The van der Waals surface area contributed by atoms with Gasteiger partial charge in [-0.15, -0.1) is 0 Å². The van der Waals surface area contributed by atoms with Crippen molar-refractivity contribution in [2.24, 2.45) is 5.73 Å². The van der Waals surface area contributed by atoms with Gasteiger partial charge in [-0.05, 0) is 33.8 Å². The van der Waals surface area contributed by atoms with Crippen molar-refractivity contribution < 1.29 is 19.1 Å². The van der Waals surface area contributed by atoms with Crippen LogP contribution in [-0.2, 0) is 19.7 Å². The summed E-state index contributed by atoms with van der Waals surface area (Å²) in [5.41, 5.74) is 4.08. The highest BCUT2D eigenvalue weighted by molar-refractivity contribution is 6.12. The highest BCUT2D eigenvalue weighted by Gasteiger charge is 2.60. The third-order valence-corrected chi connectivity index (χ3v) is 4.24. The summed E-state index contributed by atoms with van der Waals surface area (Å²) in [6.45, 7) is 6.77. The number of rotatable bonds is 1. The zero-order valence-corrected chi connectivity index (χ0v) is 15.0. The summed E-state index contributed by atoms with van der Waals surface area (Å²) in [5.74, 6) is -1.12. The fourth-order valence-electron chi connectivity index (χ4n) is 3.35. The summed E-state index contributed by atoms with van der Waals surface area (Å²) >= 11 is 0. The maximum atomic E-state index is 13.1. The van der Waals surface area contributed by atoms with Gasteiger partial charge in [-0.2, -0.15) is 5.26 Å². The number of nitrogens with one attached hydrogen (secondary N) is 1. The average Bonchev–Trinajstić information content (AvgIpc) is 2.77. The number of fused-ring (bicyclic) bond motifs is 2. The van der Waals surface area contributed by atoms with Gasteiger partial charge in [0.25, 0.3) is 0 Å². The lowest BCUT2D eigenvalue weighted by Gasteiger charge is -2.35. The second-order valence-corrected chi connectivity index (χ2v) is 7.16. The Morgan fingerprint density at radius 2 is 2.00 bits per heavy atom. The minimum absolute atomic E-state index is 0.0488. The molecule has 1 spiro atoms. The first-order valence-electron chi connectivity index (χ1n) is 8.06. The molecule has 0 saturated carbocycles. The lowest BCUT2D eigenvalue weighted by Crippen LogP contribution is -2.46. The van der Waals surface area contributed by atoms with Crippen LogP contribution in [0.1, 0.15) is 33.3 Å². The number of nitrogens with two attached hydrogens (primary N) is 1. The first-order chi connectivity index (χ1) is 12.1. The van der Waals surface area contributed by atoms with Gasteiger partial charge in [-0.25, -0.2) is 4.79 Å². The second-order valence-electron chi connectivity index (χ2n) is 7.16. The maximum Gasteiger partial charge on any atom is 0.338 e. The molecule has 2 heterocycles. The Kier molecular flexibility index (Phi) is 3.80. The predicted octanol–water partition coefficient (Wildman–Crippen LogP) is 1.76. The Labute approximate surface area is 151 Å². The summed E-state index contributed by atoms with van der Waals surface area (Å²) in [6.07, 6.45) is 0. The van der Waals surface area contributed by atoms with E-state index in [9.17, 15) is 14.9 Å². The molecule has 134 valence electrons. The van der Waals surface area contributed by atoms with E-state index in [4.69, 9.17) is 15.2 Å². The summed E-state index contributed by atoms with van der Waals surface area (Å²) < 4.78 is 11.0. The monoisotopic (exact) mass is 353 g/mol. The maximum absolute atomic E-state index is 13.1. The van der Waals surface area contributed by atoms with Crippen LogP contribution >= 0.6 is 0 Å². The summed E-state index contributed by atoms with van der Waals surface area (Å²) in [4.78, 5) is 26.0. The number of carbonyl (C=O) groups excluding carboxylic acids is 2. The van der Waals surface area contributed by atoms with E-state index < -0.39 is 22.9 Å². The standard InChI is InChI=1S/C19H19N3O4/c1-10-14(16(23)26-18(2,3)4)19(17(24)22-10)11-7-5-6-8-13(11)25-15(21)12(19)9-20/h5-8H,21H2,1-4H3,(H,22,24). The molecule has 2 aliphatic rings. The number of carbonyl (C=O) groups is 2. The number of nitrogens with zero attached hydrogens (tertiary/aromatic N) is 1. The predicted molar refractivity (Wildman–Crippen MR) is 92.3 cm³/mol. The number of esters is 1. The van der Waals surface area contributed by atoms with Crippen LogP contribution < -0.4 is 15.8 Å². The molecule has 7 nitrogen and oxygen atoms in total. The highest BCUT2D eigenvalue weighted by atomic mass is 16.6. The fourth-order valence-corrected chi connectivity index (χ4v) is 3.35. The lowest BCUT2D eigenvalue weighted by atomic mass is 9.68. The highest BCUT2D eigenvalue weighted by Crippen LogP contribution is 2.51. The topological polar surface area (TPSA) is 114 Å². The Balaban J connectivity index is 2.34. The van der Waals surface area contributed by atoms with Gasteiger partial charge in [-0.1, -0.05) is 18.2 Å². The zero-order valence-electron chi connectivity index (χ0n) is 15.0. The summed E-state index contributed by atoms with van der Waals surface area (Å²) in [5, 5.41) is 12.4. The van der Waals surface area contributed by atoms with Crippen LogP contribution in [0.25, 0.3) is 0 Å². The number of hydrogen-bond acceptors (Lipinski definition) is 6. The zero-order chi connectivity index (χ0) is 19.3. The molecule has 1 amide bonds. The van der Waals surface area contributed by atoms with Gasteiger partial charge < -0.3 is 20.5 Å². The Hall–Kier alpha value is -3.27. The first-order valence-corrected chi connectivity index (χ1v) is 8.06. The molecule has 7 heteroatoms. The van der Waals surface area contributed by atoms with E-state index in [0.717, 1.165) is 0 Å². The molecular formula is C19H19N3O4. The van der Waals surface area contributed by atoms with E-state index in [1.807, 2.05) is 6.07 Å². The summed E-state index contributed by atoms with van der Waals surface area (Å²) in [7, 11) is 0. The van der Waals surface area contributed by atoms with E-state index in [1.165, 1.54) is 0 Å². The molecule has 0 aromatic heterocycles. The molecule has 0 aliphatic carbocycles. The van der Waals surface area contributed by atoms with Crippen LogP contribution in [0.4, 0.5) is 0 Å². The van der Waals surface area contributed by atoms with Crippen LogP contribution in [0.15, 0.2) is 47.0 Å². The third-order valence-electron chi connectivity index (χ3n) is 4.24. The van der Waals surface area contributed by atoms with Gasteiger partial charge in [0.2, 0.25) is 11.8 Å². The smallest absolute Gasteiger partial charge is 0.338 e. The Bertz CT molecular complexity index is 931. The van der Waals surface area contributed by atoms with Gasteiger partial charge in [0.15, 0.2) is 5.41 Å². The third kappa shape index (κ3) is 2.34. The lowest BCUT2D eigenvalue weighted by molar-refractivity contribution is -0.151. The van der Waals surface area contributed by atoms with Gasteiger partial charge in [0, 0.05) is 11.3 Å². The fraction of sp³-hybridized carbons (Fsp3) is 0.316. The van der Waals surface area contributed by atoms with Crippen molar-refractivity contribution in [2.75, 3.05) is 0 Å². The largest absolute Gasteiger partial charge is 0.457 e. The number of allylic oxidation sites excluding steroid dienone is 1. The average molecular weight is 353 g/mol.